The van der Waals surface area contributed by atoms with Crippen LogP contribution in [-0.4, -0.2) is 54.6 Å². The first-order valence-corrected chi connectivity index (χ1v) is 11.3. The number of halogens is 11. The zero-order valence-corrected chi connectivity index (χ0v) is 19.6. The van der Waals surface area contributed by atoms with Gasteiger partial charge in [0.05, 0.1) is 12.2 Å². The molecule has 0 bridgehead atoms. The van der Waals surface area contributed by atoms with Gasteiger partial charge in [0.25, 0.3) is 0 Å². The van der Waals surface area contributed by atoms with Crippen LogP contribution in [0, 0.1) is 0 Å². The number of carbonyl (C=O) groups excluding carboxylic acids is 2. The molecular weight excluding hydrogens is 595 g/mol. The van der Waals surface area contributed by atoms with Gasteiger partial charge < -0.3 is 14.8 Å². The van der Waals surface area contributed by atoms with E-state index in [9.17, 15) is 66.3 Å². The van der Waals surface area contributed by atoms with Crippen LogP contribution in [0.5, 0.6) is 0 Å². The average molecular weight is 611 g/mol. The number of esters is 1. The van der Waals surface area contributed by atoms with Gasteiger partial charge in [0, 0.05) is 12.1 Å². The number of alkyl halides is 10. The Morgan fingerprint density at radius 1 is 0.923 bits per heavy atom. The van der Waals surface area contributed by atoms with E-state index in [4.69, 9.17) is 4.55 Å². The van der Waals surface area contributed by atoms with Gasteiger partial charge in [-0.2, -0.15) is 56.7 Å². The van der Waals surface area contributed by atoms with E-state index >= 15 is 0 Å². The van der Waals surface area contributed by atoms with Gasteiger partial charge in [-0.15, -0.1) is 0 Å². The van der Waals surface area contributed by atoms with Crippen LogP contribution < -0.4 is 5.32 Å². The SMILES string of the molecule is C=C(F)C(=O)OC(OCCCCC(F)(F)C(F)(F)S(=O)(=O)O)(C(=O)Nc1ccc(C(F)(F)F)cc1)C(F)(F)F. The maximum absolute atomic E-state index is 13.9. The van der Waals surface area contributed by atoms with E-state index in [0.29, 0.717) is 24.3 Å². The van der Waals surface area contributed by atoms with Gasteiger partial charge >= 0.3 is 51.3 Å². The molecule has 0 spiro atoms. The van der Waals surface area contributed by atoms with Crippen molar-refractivity contribution >= 4 is 27.7 Å². The molecule has 222 valence electrons. The molecule has 0 fully saturated rings. The maximum Gasteiger partial charge on any atom is 0.466 e. The Bertz CT molecular complexity index is 1170. The standard InChI is InChI=1S/C19H16F11NO7S/c1-10(20)13(32)38-16(18(26,27)28,14(33)31-12-6-4-11(5-7-12)17(23,24)25)37-9-3-2-8-15(21,22)19(29,30)39(34,35)36/h4-7H,1-3,8-9H2,(H,31,33)(H,34,35,36). The Labute approximate surface area is 211 Å². The molecule has 0 aromatic heterocycles. The summed E-state index contributed by atoms with van der Waals surface area (Å²) in [5.41, 5.74) is -2.03. The number of carbonyl (C=O) groups is 2. The molecular formula is C19H16F11NO7S. The van der Waals surface area contributed by atoms with E-state index < -0.39 is 94.3 Å². The maximum atomic E-state index is 13.9. The topological polar surface area (TPSA) is 119 Å². The molecule has 0 heterocycles. The Morgan fingerprint density at radius 3 is 1.85 bits per heavy atom. The summed E-state index contributed by atoms with van der Waals surface area (Å²) >= 11 is 0. The summed E-state index contributed by atoms with van der Waals surface area (Å²) < 4.78 is 183. The van der Waals surface area contributed by atoms with Crippen molar-refractivity contribution < 1.29 is 80.3 Å². The van der Waals surface area contributed by atoms with Gasteiger partial charge in [-0.1, -0.05) is 6.58 Å². The number of hydrogen-bond donors (Lipinski definition) is 2. The van der Waals surface area contributed by atoms with Crippen LogP contribution in [0.1, 0.15) is 24.8 Å². The highest BCUT2D eigenvalue weighted by Gasteiger charge is 2.67. The van der Waals surface area contributed by atoms with Crippen molar-refractivity contribution in [3.8, 4) is 0 Å². The molecule has 1 amide bonds. The van der Waals surface area contributed by atoms with Crippen LogP contribution in [0.4, 0.5) is 54.0 Å². The fourth-order valence-electron chi connectivity index (χ4n) is 2.55. The summed E-state index contributed by atoms with van der Waals surface area (Å²) in [6.07, 6.45) is -15.3. The molecule has 0 aliphatic rings. The van der Waals surface area contributed by atoms with Crippen LogP contribution >= 0.6 is 0 Å². The van der Waals surface area contributed by atoms with Crippen molar-refractivity contribution in [2.45, 2.75) is 48.6 Å². The summed E-state index contributed by atoms with van der Waals surface area (Å²) in [6.45, 7) is 0.850. The zero-order chi connectivity index (χ0) is 30.7. The molecule has 1 atom stereocenters. The third-order valence-electron chi connectivity index (χ3n) is 4.54. The van der Waals surface area contributed by atoms with Gasteiger partial charge in [-0.25, -0.2) is 4.79 Å². The molecule has 1 aromatic carbocycles. The molecule has 0 saturated carbocycles. The van der Waals surface area contributed by atoms with Gasteiger partial charge in [0.2, 0.25) is 5.83 Å². The molecule has 0 aliphatic carbocycles. The van der Waals surface area contributed by atoms with E-state index in [-0.39, 0.29) is 0 Å². The lowest BCUT2D eigenvalue weighted by molar-refractivity contribution is -0.345. The zero-order valence-electron chi connectivity index (χ0n) is 18.8. The molecule has 0 radical (unpaired) electrons. The molecule has 0 saturated heterocycles. The predicted octanol–water partition coefficient (Wildman–Crippen LogP) is 5.23. The summed E-state index contributed by atoms with van der Waals surface area (Å²) in [5.74, 6) is -17.3. The van der Waals surface area contributed by atoms with Crippen molar-refractivity contribution in [3.63, 3.8) is 0 Å². The number of unbranched alkanes of at least 4 members (excludes halogenated alkanes) is 1. The predicted molar refractivity (Wildman–Crippen MR) is 106 cm³/mol. The Balaban J connectivity index is 3.18. The number of anilines is 1. The van der Waals surface area contributed by atoms with E-state index in [0.717, 1.165) is 0 Å². The third-order valence-corrected chi connectivity index (χ3v) is 5.49. The first-order valence-electron chi connectivity index (χ1n) is 9.89. The lowest BCUT2D eigenvalue weighted by Gasteiger charge is -2.33. The first-order chi connectivity index (χ1) is 17.4. The fourth-order valence-corrected chi connectivity index (χ4v) is 3.03. The quantitative estimate of drug-likeness (QED) is 0.0830. The number of amides is 1. The minimum atomic E-state index is -6.60. The highest BCUT2D eigenvalue weighted by Crippen LogP contribution is 2.42. The number of ether oxygens (including phenoxy) is 2. The molecule has 0 aliphatic heterocycles. The van der Waals surface area contributed by atoms with E-state index in [2.05, 4.69) is 16.1 Å². The lowest BCUT2D eigenvalue weighted by Crippen LogP contribution is -2.59. The van der Waals surface area contributed by atoms with Crippen LogP contribution in [0.15, 0.2) is 36.7 Å². The molecule has 20 heteroatoms. The summed E-state index contributed by atoms with van der Waals surface area (Å²) in [7, 11) is -6.60. The Kier molecular flexibility index (Phi) is 10.1. The normalized spacial score (nSPS) is 14.9. The van der Waals surface area contributed by atoms with Crippen LogP contribution in [0.2, 0.25) is 0 Å². The van der Waals surface area contributed by atoms with Gasteiger partial charge in [-0.05, 0) is 37.1 Å². The highest BCUT2D eigenvalue weighted by atomic mass is 32.2. The summed E-state index contributed by atoms with van der Waals surface area (Å²) in [5, 5.41) is -4.56. The van der Waals surface area contributed by atoms with Crippen LogP contribution in [0.3, 0.4) is 0 Å². The van der Waals surface area contributed by atoms with E-state index in [1.807, 2.05) is 0 Å². The van der Waals surface area contributed by atoms with Crippen molar-refractivity contribution in [2.24, 2.45) is 0 Å². The second-order valence-electron chi connectivity index (χ2n) is 7.44. The summed E-state index contributed by atoms with van der Waals surface area (Å²) in [6, 6.07) is 1.64. The second-order valence-corrected chi connectivity index (χ2v) is 8.90. The highest BCUT2D eigenvalue weighted by molar-refractivity contribution is 7.87. The molecule has 2 N–H and O–H groups in total. The van der Waals surface area contributed by atoms with E-state index in [1.54, 1.807) is 0 Å². The monoisotopic (exact) mass is 611 g/mol. The van der Waals surface area contributed by atoms with Crippen molar-refractivity contribution in [2.75, 3.05) is 11.9 Å². The largest absolute Gasteiger partial charge is 0.466 e. The molecule has 1 rings (SSSR count). The fraction of sp³-hybridized carbons (Fsp3) is 0.474. The summed E-state index contributed by atoms with van der Waals surface area (Å²) in [4.78, 5) is 24.0. The second kappa shape index (κ2) is 11.6. The number of hydrogen-bond acceptors (Lipinski definition) is 6. The third kappa shape index (κ3) is 8.01. The van der Waals surface area contributed by atoms with Crippen LogP contribution in [-0.2, 0) is 35.4 Å². The average Bonchev–Trinajstić information content (AvgIpc) is 2.75. The van der Waals surface area contributed by atoms with E-state index in [1.165, 1.54) is 5.32 Å². The molecule has 8 nitrogen and oxygen atoms in total. The van der Waals surface area contributed by atoms with Crippen molar-refractivity contribution in [3.05, 3.63) is 42.2 Å². The van der Waals surface area contributed by atoms with Crippen molar-refractivity contribution in [1.82, 2.24) is 0 Å². The number of benzene rings is 1. The Morgan fingerprint density at radius 2 is 1.44 bits per heavy atom. The smallest absolute Gasteiger partial charge is 0.410 e. The van der Waals surface area contributed by atoms with Gasteiger partial charge in [0.15, 0.2) is 0 Å². The molecule has 1 unspecified atom stereocenters. The minimum Gasteiger partial charge on any atom is -0.410 e. The van der Waals surface area contributed by atoms with Crippen LogP contribution in [0.25, 0.3) is 0 Å². The first kappa shape index (κ1) is 34.0. The Hall–Kier alpha value is -3.00. The molecule has 39 heavy (non-hydrogen) atoms. The van der Waals surface area contributed by atoms with Crippen molar-refractivity contribution in [1.29, 1.82) is 0 Å². The lowest BCUT2D eigenvalue weighted by atomic mass is 10.1. The number of nitrogens with one attached hydrogen (secondary N) is 1. The van der Waals surface area contributed by atoms with Gasteiger partial charge in [-0.3, -0.25) is 9.35 Å². The minimum absolute atomic E-state index is 0.337. The van der Waals surface area contributed by atoms with Gasteiger partial charge in [0.1, 0.15) is 0 Å². The number of rotatable bonds is 12. The molecule has 1 aromatic rings.